The zero-order valence-electron chi connectivity index (χ0n) is 49.8. The van der Waals surface area contributed by atoms with Gasteiger partial charge in [0.15, 0.2) is 0 Å². The molecule has 0 spiro atoms. The van der Waals surface area contributed by atoms with Gasteiger partial charge in [0.1, 0.15) is 0 Å². The predicted octanol–water partition coefficient (Wildman–Crippen LogP) is 22.2. The Balaban J connectivity index is 0.930. The third-order valence-corrected chi connectivity index (χ3v) is 19.8. The molecular formula is C83H64N4. The van der Waals surface area contributed by atoms with Crippen molar-refractivity contribution in [3.63, 3.8) is 0 Å². The van der Waals surface area contributed by atoms with Crippen LogP contribution in [0, 0.1) is 0 Å². The molecule has 0 atom stereocenters. The highest BCUT2D eigenvalue weighted by molar-refractivity contribution is 6.14. The van der Waals surface area contributed by atoms with Gasteiger partial charge in [0, 0.05) is 83.0 Å². The Bertz CT molecular complexity index is 4770. The average molecular weight is 1120 g/mol. The molecule has 4 heteroatoms. The number of benzene rings is 12. The molecule has 0 fully saturated rings. The van der Waals surface area contributed by atoms with Crippen LogP contribution in [0.2, 0.25) is 0 Å². The summed E-state index contributed by atoms with van der Waals surface area (Å²) in [6.45, 7) is 14.9. The van der Waals surface area contributed by atoms with E-state index in [-0.39, 0.29) is 10.8 Å². The second-order valence-corrected chi connectivity index (χ2v) is 25.6. The topological polar surface area (TPSA) is 16.3 Å². The first kappa shape index (κ1) is 51.0. The normalized spacial score (nSPS) is 14.6. The zero-order chi connectivity index (χ0) is 58.5. The second-order valence-electron chi connectivity index (χ2n) is 25.6. The number of nitrogens with zero attached hydrogens (tertiary/aromatic N) is 4. The highest BCUT2D eigenvalue weighted by Gasteiger charge is 2.46. The maximum Gasteiger partial charge on any atom is 0.0547 e. The van der Waals surface area contributed by atoms with Crippen molar-refractivity contribution < 1.29 is 0 Å². The van der Waals surface area contributed by atoms with Crippen LogP contribution < -0.4 is 9.80 Å². The molecule has 0 radical (unpaired) electrons. The Morgan fingerprint density at radius 3 is 0.966 bits per heavy atom. The van der Waals surface area contributed by atoms with Crippen molar-refractivity contribution in [2.24, 2.45) is 0 Å². The summed E-state index contributed by atoms with van der Waals surface area (Å²) in [6.07, 6.45) is 5.04. The minimum Gasteiger partial charge on any atom is -0.310 e. The van der Waals surface area contributed by atoms with E-state index in [2.05, 4.69) is 340 Å². The number of anilines is 6. The summed E-state index contributed by atoms with van der Waals surface area (Å²) in [5, 5.41) is 4.88. The fourth-order valence-corrected chi connectivity index (χ4v) is 15.9. The summed E-state index contributed by atoms with van der Waals surface area (Å²) in [7, 11) is 0. The molecule has 4 nitrogen and oxygen atoms in total. The number of fused-ring (bicyclic) bond motifs is 16. The molecule has 12 aromatic carbocycles. The maximum absolute atomic E-state index is 2.60. The van der Waals surface area contributed by atoms with Crippen LogP contribution in [0.1, 0.15) is 86.1 Å². The summed E-state index contributed by atoms with van der Waals surface area (Å²) < 4.78 is 5.20. The first-order valence-corrected chi connectivity index (χ1v) is 30.7. The first-order chi connectivity index (χ1) is 42.5. The zero-order valence-corrected chi connectivity index (χ0v) is 49.8. The number of hydrogen-bond acceptors (Lipinski definition) is 2. The summed E-state index contributed by atoms with van der Waals surface area (Å²) in [5.74, 6) is 0. The molecule has 87 heavy (non-hydrogen) atoms. The molecule has 0 amide bonds. The van der Waals surface area contributed by atoms with Crippen LogP contribution in [0.5, 0.6) is 0 Å². The van der Waals surface area contributed by atoms with Gasteiger partial charge in [-0.1, -0.05) is 211 Å². The summed E-state index contributed by atoms with van der Waals surface area (Å²) in [5.41, 5.74) is 28.7. The Morgan fingerprint density at radius 2 is 0.586 bits per heavy atom. The standard InChI is InChI=1S/C83H64N4/c1-81(2)69-51-75(86-71-41-25-21-35-59(71)65-49-57(43-47-73(65)86)84(53-27-11-7-12-28-53)54-29-13-8-14-30-54)77-61-37-19-23-39-67(61)82(3,4)79(77)63(69)45-46-64-70(81)52-76(78-62-38-20-24-40-68(62)83(5,6)80(64)78)87-72-42-26-22-36-60(72)66-50-58(44-48-74(66)87)85(55-31-15-9-16-32-55)56-33-17-10-18-34-56/h7-52H,1-6H3. The van der Waals surface area contributed by atoms with E-state index in [9.17, 15) is 0 Å². The number of aromatic nitrogens is 2. The Labute approximate surface area is 508 Å². The molecule has 0 N–H and O–H groups in total. The highest BCUT2D eigenvalue weighted by Crippen LogP contribution is 2.60. The quantitative estimate of drug-likeness (QED) is 0.151. The molecule has 2 aromatic heterocycles. The van der Waals surface area contributed by atoms with Gasteiger partial charge in [0.25, 0.3) is 0 Å². The van der Waals surface area contributed by atoms with E-state index < -0.39 is 5.41 Å². The van der Waals surface area contributed by atoms with Gasteiger partial charge < -0.3 is 18.9 Å². The van der Waals surface area contributed by atoms with Gasteiger partial charge in [-0.3, -0.25) is 0 Å². The van der Waals surface area contributed by atoms with E-state index in [1.165, 1.54) is 122 Å². The fraction of sp³-hybridized carbons (Fsp3) is 0.108. The van der Waals surface area contributed by atoms with Gasteiger partial charge in [-0.15, -0.1) is 0 Å². The Hall–Kier alpha value is -10.4. The molecule has 0 aliphatic heterocycles. The SMILES string of the molecule is CC1(C)c2cc(-n3c4ccccc4c4cc(N(c5ccccc5)c5ccccc5)ccc43)c3c(c2C=Cc2c1cc(-n1c4ccccc4c4cc(N(c5ccccc5)c5ccccc5)ccc41)c1c2C(C)(C)c2ccccc2-1)C(C)(C)c1ccccc1-3. The van der Waals surface area contributed by atoms with Crippen LogP contribution in [0.15, 0.2) is 267 Å². The van der Waals surface area contributed by atoms with Crippen LogP contribution in [-0.2, 0) is 16.2 Å². The lowest BCUT2D eigenvalue weighted by Gasteiger charge is -2.35. The van der Waals surface area contributed by atoms with Gasteiger partial charge in [-0.2, -0.15) is 0 Å². The highest BCUT2D eigenvalue weighted by atomic mass is 15.1. The van der Waals surface area contributed by atoms with E-state index in [1.807, 2.05) is 0 Å². The molecule has 0 saturated carbocycles. The van der Waals surface area contributed by atoms with E-state index in [4.69, 9.17) is 0 Å². The van der Waals surface area contributed by atoms with Crippen LogP contribution >= 0.6 is 0 Å². The van der Waals surface area contributed by atoms with Crippen molar-refractivity contribution in [1.82, 2.24) is 9.13 Å². The minimum atomic E-state index is -0.507. The molecule has 3 aliphatic rings. The summed E-state index contributed by atoms with van der Waals surface area (Å²) in [4.78, 5) is 4.76. The van der Waals surface area contributed by atoms with E-state index in [0.717, 1.165) is 34.1 Å². The monoisotopic (exact) mass is 1120 g/mol. The van der Waals surface area contributed by atoms with E-state index in [1.54, 1.807) is 0 Å². The van der Waals surface area contributed by atoms with Crippen molar-refractivity contribution in [3.05, 3.63) is 311 Å². The van der Waals surface area contributed by atoms with Crippen LogP contribution in [0.25, 0.3) is 89.4 Å². The molecular weight excluding hydrogens is 1050 g/mol. The lowest BCUT2D eigenvalue weighted by Crippen LogP contribution is -2.26. The minimum absolute atomic E-state index is 0.318. The van der Waals surface area contributed by atoms with Gasteiger partial charge in [0.2, 0.25) is 0 Å². The molecule has 0 bridgehead atoms. The van der Waals surface area contributed by atoms with Crippen molar-refractivity contribution in [2.75, 3.05) is 9.80 Å². The van der Waals surface area contributed by atoms with E-state index in [0.29, 0.717) is 0 Å². The number of para-hydroxylation sites is 6. The number of hydrogen-bond donors (Lipinski definition) is 0. The molecule has 416 valence electrons. The molecule has 2 heterocycles. The summed E-state index contributed by atoms with van der Waals surface area (Å²) in [6, 6.07) is 99.0. The van der Waals surface area contributed by atoms with Crippen LogP contribution in [-0.4, -0.2) is 9.13 Å². The Kier molecular flexibility index (Phi) is 11.0. The Morgan fingerprint density at radius 1 is 0.264 bits per heavy atom. The molecule has 0 unspecified atom stereocenters. The second kappa shape index (κ2) is 18.8. The third-order valence-electron chi connectivity index (χ3n) is 19.8. The molecule has 3 aliphatic carbocycles. The lowest BCUT2D eigenvalue weighted by atomic mass is 9.69. The van der Waals surface area contributed by atoms with Gasteiger partial charge in [-0.25, -0.2) is 0 Å². The molecule has 14 aromatic rings. The van der Waals surface area contributed by atoms with Crippen LogP contribution in [0.4, 0.5) is 34.1 Å². The average Bonchev–Trinajstić information content (AvgIpc) is 1.56. The summed E-state index contributed by atoms with van der Waals surface area (Å²) >= 11 is 0. The van der Waals surface area contributed by atoms with Gasteiger partial charge >= 0.3 is 0 Å². The largest absolute Gasteiger partial charge is 0.310 e. The van der Waals surface area contributed by atoms with E-state index >= 15 is 0 Å². The smallest absolute Gasteiger partial charge is 0.0547 e. The van der Waals surface area contributed by atoms with Gasteiger partial charge in [-0.05, 0) is 165 Å². The third kappa shape index (κ3) is 7.31. The van der Waals surface area contributed by atoms with Crippen molar-refractivity contribution in [3.8, 4) is 33.6 Å². The fourth-order valence-electron chi connectivity index (χ4n) is 15.9. The molecule has 17 rings (SSSR count). The van der Waals surface area contributed by atoms with Crippen LogP contribution in [0.3, 0.4) is 0 Å². The molecule has 0 saturated heterocycles. The van der Waals surface area contributed by atoms with Crippen molar-refractivity contribution in [2.45, 2.75) is 57.8 Å². The predicted molar refractivity (Wildman–Crippen MR) is 367 cm³/mol. The lowest BCUT2D eigenvalue weighted by molar-refractivity contribution is 0.615. The van der Waals surface area contributed by atoms with Gasteiger partial charge in [0.05, 0.1) is 33.4 Å². The van der Waals surface area contributed by atoms with Crippen molar-refractivity contribution >= 4 is 89.9 Å². The number of rotatable bonds is 8. The van der Waals surface area contributed by atoms with Crippen molar-refractivity contribution in [1.29, 1.82) is 0 Å². The first-order valence-electron chi connectivity index (χ1n) is 30.7. The maximum atomic E-state index is 2.60.